The SMILES string of the molecule is CC1CNCCC1NS(=O)(=O)c1ccc2c(c1)CCCO2.Cl. The molecule has 0 bridgehead atoms. The van der Waals surface area contributed by atoms with Crippen LogP contribution in [0.1, 0.15) is 25.3 Å². The molecule has 2 N–H and O–H groups in total. The molecule has 5 nitrogen and oxygen atoms in total. The molecular formula is C15H23ClN2O3S. The molecule has 3 rings (SSSR count). The van der Waals surface area contributed by atoms with Crippen molar-refractivity contribution >= 4 is 22.4 Å². The van der Waals surface area contributed by atoms with Crippen molar-refractivity contribution in [2.24, 2.45) is 5.92 Å². The van der Waals surface area contributed by atoms with Gasteiger partial charge in [0.05, 0.1) is 11.5 Å². The number of hydrogen-bond donors (Lipinski definition) is 2. The number of rotatable bonds is 3. The number of benzene rings is 1. The molecule has 2 unspecified atom stereocenters. The Kier molecular flexibility index (Phi) is 5.71. The van der Waals surface area contributed by atoms with Crippen LogP contribution >= 0.6 is 12.4 Å². The molecule has 0 spiro atoms. The molecular weight excluding hydrogens is 324 g/mol. The van der Waals surface area contributed by atoms with E-state index in [4.69, 9.17) is 4.74 Å². The maximum Gasteiger partial charge on any atom is 0.240 e. The zero-order valence-electron chi connectivity index (χ0n) is 12.7. The Bertz CT molecular complexity index is 621. The summed E-state index contributed by atoms with van der Waals surface area (Å²) in [4.78, 5) is 0.345. The number of ether oxygens (including phenoxy) is 1. The Morgan fingerprint density at radius 3 is 2.95 bits per heavy atom. The third-order valence-electron chi connectivity index (χ3n) is 4.28. The number of piperidine rings is 1. The number of fused-ring (bicyclic) bond motifs is 1. The molecule has 22 heavy (non-hydrogen) atoms. The van der Waals surface area contributed by atoms with Crippen molar-refractivity contribution in [3.8, 4) is 5.75 Å². The van der Waals surface area contributed by atoms with E-state index in [2.05, 4.69) is 17.0 Å². The van der Waals surface area contributed by atoms with Crippen molar-refractivity contribution < 1.29 is 13.2 Å². The molecule has 1 aromatic carbocycles. The highest BCUT2D eigenvalue weighted by atomic mass is 35.5. The van der Waals surface area contributed by atoms with Crippen molar-refractivity contribution in [3.63, 3.8) is 0 Å². The van der Waals surface area contributed by atoms with Crippen LogP contribution in [0.2, 0.25) is 0 Å². The van der Waals surface area contributed by atoms with E-state index in [1.54, 1.807) is 18.2 Å². The zero-order chi connectivity index (χ0) is 14.9. The summed E-state index contributed by atoms with van der Waals surface area (Å²) in [6.07, 6.45) is 2.64. The quantitative estimate of drug-likeness (QED) is 0.874. The van der Waals surface area contributed by atoms with Gasteiger partial charge in [-0.05, 0) is 62.0 Å². The van der Waals surface area contributed by atoms with Gasteiger partial charge in [-0.1, -0.05) is 6.92 Å². The highest BCUT2D eigenvalue weighted by molar-refractivity contribution is 7.89. The summed E-state index contributed by atoms with van der Waals surface area (Å²) in [5.74, 6) is 1.12. The highest BCUT2D eigenvalue weighted by Crippen LogP contribution is 2.27. The molecule has 0 radical (unpaired) electrons. The number of aryl methyl sites for hydroxylation is 1. The van der Waals surface area contributed by atoms with Gasteiger partial charge >= 0.3 is 0 Å². The van der Waals surface area contributed by atoms with Gasteiger partial charge in [0, 0.05) is 6.04 Å². The van der Waals surface area contributed by atoms with E-state index in [0.29, 0.717) is 17.4 Å². The van der Waals surface area contributed by atoms with Crippen LogP contribution < -0.4 is 14.8 Å². The highest BCUT2D eigenvalue weighted by Gasteiger charge is 2.27. The minimum absolute atomic E-state index is 0. The van der Waals surface area contributed by atoms with Gasteiger partial charge in [-0.2, -0.15) is 0 Å². The largest absolute Gasteiger partial charge is 0.493 e. The lowest BCUT2D eigenvalue weighted by atomic mass is 9.97. The van der Waals surface area contributed by atoms with Gasteiger partial charge in [0.1, 0.15) is 5.75 Å². The van der Waals surface area contributed by atoms with Crippen LogP contribution in [0.4, 0.5) is 0 Å². The van der Waals surface area contributed by atoms with Gasteiger partial charge in [-0.3, -0.25) is 0 Å². The molecule has 2 heterocycles. The van der Waals surface area contributed by atoms with Crippen molar-refractivity contribution in [3.05, 3.63) is 23.8 Å². The maximum atomic E-state index is 12.6. The molecule has 1 saturated heterocycles. The number of halogens is 1. The summed E-state index contributed by atoms with van der Waals surface area (Å²) in [5, 5.41) is 3.28. The van der Waals surface area contributed by atoms with Crippen LogP contribution in [0.3, 0.4) is 0 Å². The van der Waals surface area contributed by atoms with Crippen molar-refractivity contribution in [1.82, 2.24) is 10.0 Å². The molecule has 0 aromatic heterocycles. The average Bonchev–Trinajstić information content (AvgIpc) is 2.49. The summed E-state index contributed by atoms with van der Waals surface area (Å²) in [5.41, 5.74) is 0.988. The van der Waals surface area contributed by atoms with Crippen LogP contribution in [0.25, 0.3) is 0 Å². The Morgan fingerprint density at radius 2 is 2.18 bits per heavy atom. The standard InChI is InChI=1S/C15H22N2O3S.ClH/c1-11-10-16-7-6-14(11)17-21(18,19)13-4-5-15-12(9-13)3-2-8-20-15;/h4-5,9,11,14,16-17H,2-3,6-8,10H2,1H3;1H. The normalized spacial score (nSPS) is 24.8. The minimum atomic E-state index is -3.46. The first-order valence-electron chi connectivity index (χ1n) is 7.55. The fourth-order valence-corrected chi connectivity index (χ4v) is 4.39. The third-order valence-corrected chi connectivity index (χ3v) is 5.77. The number of sulfonamides is 1. The van der Waals surface area contributed by atoms with Gasteiger partial charge in [-0.15, -0.1) is 12.4 Å². The summed E-state index contributed by atoms with van der Waals surface area (Å²) in [6.45, 7) is 4.49. The maximum absolute atomic E-state index is 12.6. The molecule has 7 heteroatoms. The fourth-order valence-electron chi connectivity index (χ4n) is 2.96. The molecule has 2 aliphatic heterocycles. The van der Waals surface area contributed by atoms with E-state index in [-0.39, 0.29) is 18.4 Å². The Hall–Kier alpha value is -0.820. The van der Waals surface area contributed by atoms with E-state index in [1.165, 1.54) is 0 Å². The first-order chi connectivity index (χ1) is 10.1. The summed E-state index contributed by atoms with van der Waals surface area (Å²) < 4.78 is 33.5. The second-order valence-electron chi connectivity index (χ2n) is 5.92. The number of nitrogens with one attached hydrogen (secondary N) is 2. The second-order valence-corrected chi connectivity index (χ2v) is 7.63. The van der Waals surface area contributed by atoms with E-state index in [9.17, 15) is 8.42 Å². The molecule has 0 saturated carbocycles. The lowest BCUT2D eigenvalue weighted by molar-refractivity contribution is 0.288. The summed E-state index contributed by atoms with van der Waals surface area (Å²) in [7, 11) is -3.46. The first-order valence-corrected chi connectivity index (χ1v) is 9.03. The smallest absolute Gasteiger partial charge is 0.240 e. The van der Waals surface area contributed by atoms with Crippen LogP contribution in [0.15, 0.2) is 23.1 Å². The second kappa shape index (κ2) is 7.17. The van der Waals surface area contributed by atoms with Gasteiger partial charge in [0.15, 0.2) is 0 Å². The fraction of sp³-hybridized carbons (Fsp3) is 0.600. The molecule has 1 aromatic rings. The molecule has 124 valence electrons. The first kappa shape index (κ1) is 17.5. The Labute approximate surface area is 138 Å². The predicted molar refractivity (Wildman–Crippen MR) is 88.3 cm³/mol. The minimum Gasteiger partial charge on any atom is -0.493 e. The van der Waals surface area contributed by atoms with E-state index in [0.717, 1.165) is 43.7 Å². The topological polar surface area (TPSA) is 67.4 Å². The van der Waals surface area contributed by atoms with Gasteiger partial charge in [-0.25, -0.2) is 13.1 Å². The zero-order valence-corrected chi connectivity index (χ0v) is 14.3. The van der Waals surface area contributed by atoms with Crippen molar-refractivity contribution in [1.29, 1.82) is 0 Å². The van der Waals surface area contributed by atoms with Crippen molar-refractivity contribution in [2.75, 3.05) is 19.7 Å². The van der Waals surface area contributed by atoms with Gasteiger partial charge in [0.25, 0.3) is 0 Å². The Balaban J connectivity index is 0.00000176. The lowest BCUT2D eigenvalue weighted by Crippen LogP contribution is -2.48. The number of hydrogen-bond acceptors (Lipinski definition) is 4. The van der Waals surface area contributed by atoms with E-state index in [1.807, 2.05) is 0 Å². The van der Waals surface area contributed by atoms with E-state index >= 15 is 0 Å². The summed E-state index contributed by atoms with van der Waals surface area (Å²) in [6, 6.07) is 5.17. The monoisotopic (exact) mass is 346 g/mol. The average molecular weight is 347 g/mol. The Morgan fingerprint density at radius 1 is 1.36 bits per heavy atom. The van der Waals surface area contributed by atoms with Crippen LogP contribution in [-0.2, 0) is 16.4 Å². The van der Waals surface area contributed by atoms with Crippen LogP contribution in [-0.4, -0.2) is 34.2 Å². The van der Waals surface area contributed by atoms with E-state index < -0.39 is 10.0 Å². The summed E-state index contributed by atoms with van der Waals surface area (Å²) >= 11 is 0. The van der Waals surface area contributed by atoms with Gasteiger partial charge in [0.2, 0.25) is 10.0 Å². The third kappa shape index (κ3) is 3.74. The van der Waals surface area contributed by atoms with Crippen molar-refractivity contribution in [2.45, 2.75) is 37.1 Å². The molecule has 1 fully saturated rings. The molecule has 2 atom stereocenters. The predicted octanol–water partition coefficient (Wildman–Crippen LogP) is 1.71. The van der Waals surface area contributed by atoms with Crippen LogP contribution in [0.5, 0.6) is 5.75 Å². The molecule has 2 aliphatic rings. The molecule has 0 amide bonds. The van der Waals surface area contributed by atoms with Crippen LogP contribution in [0, 0.1) is 5.92 Å². The van der Waals surface area contributed by atoms with Gasteiger partial charge < -0.3 is 10.1 Å². The lowest BCUT2D eigenvalue weighted by Gasteiger charge is -2.30. The molecule has 0 aliphatic carbocycles.